The van der Waals surface area contributed by atoms with Gasteiger partial charge >= 0.3 is 17.9 Å². The van der Waals surface area contributed by atoms with Crippen molar-refractivity contribution in [3.05, 3.63) is 146 Å². The van der Waals surface area contributed by atoms with E-state index in [0.29, 0.717) is 25.7 Å². The van der Waals surface area contributed by atoms with Gasteiger partial charge in [-0.25, -0.2) is 0 Å². The van der Waals surface area contributed by atoms with Crippen molar-refractivity contribution in [3.8, 4) is 0 Å². The number of esters is 3. The van der Waals surface area contributed by atoms with E-state index in [4.69, 9.17) is 14.2 Å². The second-order valence-electron chi connectivity index (χ2n) is 18.8. The van der Waals surface area contributed by atoms with Crippen LogP contribution in [0.5, 0.6) is 0 Å². The van der Waals surface area contributed by atoms with E-state index in [-0.39, 0.29) is 31.1 Å². The molecule has 0 aromatic rings. The SMILES string of the molecule is CC/C=C\C/C=C\C/C=C\C/C=C\C/C=C\C/C=C\C/C=C\C/C=C\C/C=C\C/C=C\CCCCC(=O)OCC(COC(=O)CCCCCCCCCCC)OC(=O)CCCCCCC/C=C\C/C=C\CCC. The maximum atomic E-state index is 12.8. The highest BCUT2D eigenvalue weighted by Crippen LogP contribution is 2.13. The monoisotopic (exact) mass is 1010 g/mol. The van der Waals surface area contributed by atoms with Crippen molar-refractivity contribution in [2.24, 2.45) is 0 Å². The lowest BCUT2D eigenvalue weighted by atomic mass is 10.1. The lowest BCUT2D eigenvalue weighted by Gasteiger charge is -2.18. The van der Waals surface area contributed by atoms with E-state index in [0.717, 1.165) is 148 Å². The van der Waals surface area contributed by atoms with E-state index in [1.165, 1.54) is 44.9 Å². The van der Waals surface area contributed by atoms with Crippen molar-refractivity contribution in [1.29, 1.82) is 0 Å². The topological polar surface area (TPSA) is 78.9 Å². The average molecular weight is 1010 g/mol. The van der Waals surface area contributed by atoms with Crippen LogP contribution in [0.2, 0.25) is 0 Å². The molecular weight excluding hydrogens is 901 g/mol. The Morgan fingerprint density at radius 1 is 0.288 bits per heavy atom. The number of ether oxygens (including phenoxy) is 3. The van der Waals surface area contributed by atoms with Gasteiger partial charge in [0.05, 0.1) is 0 Å². The van der Waals surface area contributed by atoms with Crippen LogP contribution < -0.4 is 0 Å². The summed E-state index contributed by atoms with van der Waals surface area (Å²) in [5.74, 6) is -0.972. The molecule has 0 aromatic carbocycles. The van der Waals surface area contributed by atoms with E-state index >= 15 is 0 Å². The predicted octanol–water partition coefficient (Wildman–Crippen LogP) is 20.0. The Labute approximate surface area is 448 Å². The van der Waals surface area contributed by atoms with Crippen LogP contribution in [-0.2, 0) is 28.6 Å². The molecule has 73 heavy (non-hydrogen) atoms. The Morgan fingerprint density at radius 2 is 0.562 bits per heavy atom. The summed E-state index contributed by atoms with van der Waals surface area (Å²) in [5.41, 5.74) is 0. The summed E-state index contributed by atoms with van der Waals surface area (Å²) in [4.78, 5) is 38.0. The molecule has 0 amide bonds. The quantitative estimate of drug-likeness (QED) is 0.0261. The maximum Gasteiger partial charge on any atom is 0.306 e. The van der Waals surface area contributed by atoms with Gasteiger partial charge < -0.3 is 14.2 Å². The van der Waals surface area contributed by atoms with Gasteiger partial charge in [0.15, 0.2) is 6.10 Å². The van der Waals surface area contributed by atoms with Crippen LogP contribution in [-0.4, -0.2) is 37.2 Å². The summed E-state index contributed by atoms with van der Waals surface area (Å²) in [6, 6.07) is 0. The van der Waals surface area contributed by atoms with Gasteiger partial charge in [-0.3, -0.25) is 14.4 Å². The molecule has 0 rings (SSSR count). The molecular formula is C67H106O6. The van der Waals surface area contributed by atoms with E-state index in [2.05, 4.69) is 167 Å². The first-order chi connectivity index (χ1) is 36.0. The molecule has 0 aromatic heterocycles. The van der Waals surface area contributed by atoms with Gasteiger partial charge in [-0.2, -0.15) is 0 Å². The van der Waals surface area contributed by atoms with E-state index in [9.17, 15) is 14.4 Å². The fourth-order valence-corrected chi connectivity index (χ4v) is 7.45. The van der Waals surface area contributed by atoms with Crippen LogP contribution in [0, 0.1) is 0 Å². The third kappa shape index (κ3) is 58.1. The smallest absolute Gasteiger partial charge is 0.306 e. The summed E-state index contributed by atoms with van der Waals surface area (Å²) in [6.45, 7) is 6.37. The van der Waals surface area contributed by atoms with Crippen molar-refractivity contribution >= 4 is 17.9 Å². The summed E-state index contributed by atoms with van der Waals surface area (Å²) >= 11 is 0. The summed E-state index contributed by atoms with van der Waals surface area (Å²) in [7, 11) is 0. The molecule has 0 aliphatic heterocycles. The standard InChI is InChI=1S/C67H106O6/c1-4-7-10-13-16-19-21-23-24-25-26-27-28-29-30-31-32-33-34-35-36-37-38-39-40-41-42-44-45-48-51-54-57-60-66(69)72-63-64(62-71-65(68)59-56-53-50-47-18-15-12-9-6-3)73-67(70)61-58-55-52-49-46-43-22-20-17-14-11-8-5-2/h7,10-11,14,16,19-20,22-24,26-27,29-30,32-33,35-36,38-39,41-42,45,48,64H,4-6,8-9,12-13,15,17-18,21,25,28,31,34,37,40,43-44,46-47,49-63H2,1-3H3/b10-7-,14-11-,19-16-,22-20-,24-23-,27-26-,30-29-,33-32-,36-35-,39-38-,42-41-,48-45-. The lowest BCUT2D eigenvalue weighted by Crippen LogP contribution is -2.30. The molecule has 0 aliphatic rings. The van der Waals surface area contributed by atoms with Gasteiger partial charge in [0, 0.05) is 19.3 Å². The van der Waals surface area contributed by atoms with Crippen LogP contribution in [0.15, 0.2) is 146 Å². The fourth-order valence-electron chi connectivity index (χ4n) is 7.45. The molecule has 0 spiro atoms. The molecule has 1 atom stereocenters. The third-order valence-electron chi connectivity index (χ3n) is 11.8. The first kappa shape index (κ1) is 68.3. The Hall–Kier alpha value is -4.71. The molecule has 0 N–H and O–H groups in total. The largest absolute Gasteiger partial charge is 0.462 e. The molecule has 0 fully saturated rings. The molecule has 0 bridgehead atoms. The van der Waals surface area contributed by atoms with Gasteiger partial charge in [-0.1, -0.05) is 244 Å². The van der Waals surface area contributed by atoms with Crippen molar-refractivity contribution in [2.75, 3.05) is 13.2 Å². The molecule has 6 heteroatoms. The first-order valence-corrected chi connectivity index (χ1v) is 29.3. The number of carbonyl (C=O) groups is 3. The lowest BCUT2D eigenvalue weighted by molar-refractivity contribution is -0.167. The molecule has 1 unspecified atom stereocenters. The Kier molecular flexibility index (Phi) is 56.0. The minimum absolute atomic E-state index is 0.101. The number of rotatable bonds is 51. The number of hydrogen-bond donors (Lipinski definition) is 0. The number of carbonyl (C=O) groups excluding carboxylic acids is 3. The van der Waals surface area contributed by atoms with Crippen LogP contribution in [0.4, 0.5) is 0 Å². The minimum atomic E-state index is -0.806. The van der Waals surface area contributed by atoms with Gasteiger partial charge in [-0.05, 0) is 122 Å². The normalized spacial score (nSPS) is 13.2. The molecule has 0 saturated heterocycles. The average Bonchev–Trinajstić information content (AvgIpc) is 3.39. The third-order valence-corrected chi connectivity index (χ3v) is 11.8. The highest BCUT2D eigenvalue weighted by molar-refractivity contribution is 5.71. The second kappa shape index (κ2) is 59.8. The van der Waals surface area contributed by atoms with Crippen molar-refractivity contribution in [2.45, 2.75) is 245 Å². The first-order valence-electron chi connectivity index (χ1n) is 29.3. The van der Waals surface area contributed by atoms with Crippen LogP contribution in [0.25, 0.3) is 0 Å². The van der Waals surface area contributed by atoms with E-state index in [1.807, 2.05) is 0 Å². The van der Waals surface area contributed by atoms with Gasteiger partial charge in [0.25, 0.3) is 0 Å². The summed E-state index contributed by atoms with van der Waals surface area (Å²) in [6.07, 6.45) is 85.7. The number of unbranched alkanes of at least 4 members (excludes halogenated alkanes) is 16. The van der Waals surface area contributed by atoms with Crippen LogP contribution >= 0.6 is 0 Å². The van der Waals surface area contributed by atoms with Crippen LogP contribution in [0.1, 0.15) is 239 Å². The van der Waals surface area contributed by atoms with Crippen molar-refractivity contribution in [3.63, 3.8) is 0 Å². The number of allylic oxidation sites excluding steroid dienone is 24. The van der Waals surface area contributed by atoms with Crippen LogP contribution in [0.3, 0.4) is 0 Å². The summed E-state index contributed by atoms with van der Waals surface area (Å²) in [5, 5.41) is 0. The highest BCUT2D eigenvalue weighted by Gasteiger charge is 2.19. The van der Waals surface area contributed by atoms with E-state index < -0.39 is 6.10 Å². The summed E-state index contributed by atoms with van der Waals surface area (Å²) < 4.78 is 16.7. The zero-order valence-corrected chi connectivity index (χ0v) is 46.8. The fraction of sp³-hybridized carbons (Fsp3) is 0.597. The molecule has 0 heterocycles. The zero-order chi connectivity index (χ0) is 52.9. The Balaban J connectivity index is 4.30. The van der Waals surface area contributed by atoms with Gasteiger partial charge in [0.1, 0.15) is 13.2 Å². The van der Waals surface area contributed by atoms with Crippen molar-refractivity contribution in [1.82, 2.24) is 0 Å². The molecule has 0 aliphatic carbocycles. The molecule has 0 radical (unpaired) electrons. The highest BCUT2D eigenvalue weighted by atomic mass is 16.6. The maximum absolute atomic E-state index is 12.8. The van der Waals surface area contributed by atoms with Crippen molar-refractivity contribution < 1.29 is 28.6 Å². The van der Waals surface area contributed by atoms with Gasteiger partial charge in [0.2, 0.25) is 0 Å². The van der Waals surface area contributed by atoms with Gasteiger partial charge in [-0.15, -0.1) is 0 Å². The predicted molar refractivity (Wildman–Crippen MR) is 315 cm³/mol. The zero-order valence-electron chi connectivity index (χ0n) is 46.8. The Morgan fingerprint density at radius 3 is 0.918 bits per heavy atom. The Bertz CT molecular complexity index is 1630. The number of hydrogen-bond acceptors (Lipinski definition) is 6. The van der Waals surface area contributed by atoms with E-state index in [1.54, 1.807) is 0 Å². The second-order valence-corrected chi connectivity index (χ2v) is 18.8. The minimum Gasteiger partial charge on any atom is -0.462 e. The molecule has 0 saturated carbocycles. The molecule has 410 valence electrons. The molecule has 6 nitrogen and oxygen atoms in total.